The van der Waals surface area contributed by atoms with Gasteiger partial charge in [0.05, 0.1) is 4.51 Å². The maximum atomic E-state index is 5.10. The zero-order valence-electron chi connectivity index (χ0n) is 5.70. The molecule has 0 atom stereocenters. The fraction of sp³-hybridized carbons (Fsp3) is 0. The number of fused-ring (bicyclic) bond motifs is 1. The minimum Gasteiger partial charge on any atom is -0.453 e. The Balaban J connectivity index is 3.03. The Morgan fingerprint density at radius 1 is 1.27 bits per heavy atom. The molecule has 2 rings (SSSR count). The van der Waals surface area contributed by atoms with E-state index in [0.29, 0.717) is 0 Å². The van der Waals surface area contributed by atoms with Crippen molar-refractivity contribution < 1.29 is 4.42 Å². The van der Waals surface area contributed by atoms with Crippen molar-refractivity contribution >= 4 is 23.2 Å². The van der Waals surface area contributed by atoms with Gasteiger partial charge in [-0.2, -0.15) is 0 Å². The van der Waals surface area contributed by atoms with E-state index in [9.17, 15) is 0 Å². The first-order valence-corrected chi connectivity index (χ1v) is 3.68. The van der Waals surface area contributed by atoms with Crippen LogP contribution in [0.1, 0.15) is 0 Å². The molecule has 0 amide bonds. The van der Waals surface area contributed by atoms with Crippen LogP contribution >= 0.6 is 12.2 Å². The summed E-state index contributed by atoms with van der Waals surface area (Å²) in [4.78, 5) is 0. The molecule has 1 aromatic carbocycles. The van der Waals surface area contributed by atoms with E-state index < -0.39 is 0 Å². The highest BCUT2D eigenvalue weighted by Crippen LogP contribution is 2.13. The molecule has 0 fully saturated rings. The maximum Gasteiger partial charge on any atom is 0.171 e. The summed E-state index contributed by atoms with van der Waals surface area (Å²) in [5.74, 6) is 0. The van der Waals surface area contributed by atoms with Crippen molar-refractivity contribution in [1.82, 2.24) is 0 Å². The molecule has 53 valence electrons. The molecule has 1 aromatic heterocycles. The fourth-order valence-corrected chi connectivity index (χ4v) is 1.20. The van der Waals surface area contributed by atoms with Crippen molar-refractivity contribution in [3.63, 3.8) is 0 Å². The third-order valence-corrected chi connectivity index (χ3v) is 1.85. The number of para-hydroxylation sites is 1. The van der Waals surface area contributed by atoms with Gasteiger partial charge in [-0.3, -0.25) is 0 Å². The molecule has 0 saturated carbocycles. The van der Waals surface area contributed by atoms with Crippen LogP contribution in [-0.2, 0) is 0 Å². The van der Waals surface area contributed by atoms with Crippen LogP contribution in [0.15, 0.2) is 34.7 Å². The van der Waals surface area contributed by atoms with Crippen LogP contribution in [0.5, 0.6) is 0 Å². The van der Waals surface area contributed by atoms with Crippen LogP contribution in [0.25, 0.3) is 11.0 Å². The van der Waals surface area contributed by atoms with Crippen LogP contribution < -0.4 is 0 Å². The molecule has 0 bridgehead atoms. The molecule has 0 N–H and O–H groups in total. The minimum absolute atomic E-state index is 0.784. The smallest absolute Gasteiger partial charge is 0.171 e. The Hall–Kier alpha value is -1.15. The van der Waals surface area contributed by atoms with E-state index >= 15 is 0 Å². The lowest BCUT2D eigenvalue weighted by atomic mass is 10.2. The second-order valence-corrected chi connectivity index (χ2v) is 2.66. The zero-order chi connectivity index (χ0) is 7.68. The summed E-state index contributed by atoms with van der Waals surface area (Å²) in [6.07, 6.45) is 2.62. The van der Waals surface area contributed by atoms with Gasteiger partial charge in [-0.1, -0.05) is 24.4 Å². The normalized spacial score (nSPS) is 10.2. The van der Waals surface area contributed by atoms with E-state index in [1.165, 1.54) is 0 Å². The van der Waals surface area contributed by atoms with Crippen LogP contribution in [-0.4, -0.2) is 0 Å². The Labute approximate surface area is 69.3 Å². The van der Waals surface area contributed by atoms with Gasteiger partial charge in [-0.25, -0.2) is 0 Å². The van der Waals surface area contributed by atoms with Crippen molar-refractivity contribution in [3.05, 3.63) is 41.1 Å². The van der Waals surface area contributed by atoms with E-state index in [2.05, 4.69) is 6.26 Å². The molecule has 1 nitrogen and oxygen atoms in total. The van der Waals surface area contributed by atoms with Gasteiger partial charge in [0.25, 0.3) is 0 Å². The Kier molecular flexibility index (Phi) is 1.47. The summed E-state index contributed by atoms with van der Waals surface area (Å²) in [5.41, 5.74) is 0.792. The molecular formula is C9H5OS. The highest BCUT2D eigenvalue weighted by atomic mass is 32.1. The van der Waals surface area contributed by atoms with Crippen molar-refractivity contribution in [2.45, 2.75) is 0 Å². The van der Waals surface area contributed by atoms with E-state index in [1.807, 2.05) is 24.3 Å². The van der Waals surface area contributed by atoms with Gasteiger partial charge in [0.2, 0.25) is 0 Å². The summed E-state index contributed by atoms with van der Waals surface area (Å²) < 4.78 is 5.88. The van der Waals surface area contributed by atoms with Crippen molar-refractivity contribution in [1.29, 1.82) is 0 Å². The molecule has 0 aliphatic heterocycles. The number of benzene rings is 1. The first-order chi connectivity index (χ1) is 5.38. The number of rotatable bonds is 0. The van der Waals surface area contributed by atoms with E-state index in [4.69, 9.17) is 16.6 Å². The van der Waals surface area contributed by atoms with Gasteiger partial charge in [0.15, 0.2) is 6.26 Å². The van der Waals surface area contributed by atoms with Crippen LogP contribution in [0.4, 0.5) is 0 Å². The second-order valence-electron chi connectivity index (χ2n) is 2.22. The topological polar surface area (TPSA) is 13.1 Å². The predicted octanol–water partition coefficient (Wildman–Crippen LogP) is 2.96. The maximum absolute atomic E-state index is 5.10. The van der Waals surface area contributed by atoms with Crippen LogP contribution in [0.2, 0.25) is 0 Å². The highest BCUT2D eigenvalue weighted by molar-refractivity contribution is 7.71. The van der Waals surface area contributed by atoms with E-state index in [1.54, 1.807) is 6.07 Å². The molecule has 0 aliphatic carbocycles. The molecule has 2 aromatic rings. The average Bonchev–Trinajstić information content (AvgIpc) is 2.06. The second kappa shape index (κ2) is 2.47. The first-order valence-electron chi connectivity index (χ1n) is 3.27. The van der Waals surface area contributed by atoms with E-state index in [-0.39, 0.29) is 0 Å². The van der Waals surface area contributed by atoms with Gasteiger partial charge in [-0.15, -0.1) is 0 Å². The Morgan fingerprint density at radius 3 is 2.91 bits per heavy atom. The predicted molar refractivity (Wildman–Crippen MR) is 45.9 cm³/mol. The lowest BCUT2D eigenvalue weighted by Gasteiger charge is -1.92. The van der Waals surface area contributed by atoms with Crippen LogP contribution in [0.3, 0.4) is 0 Å². The molecule has 1 heterocycles. The van der Waals surface area contributed by atoms with Crippen molar-refractivity contribution in [3.8, 4) is 0 Å². The zero-order valence-corrected chi connectivity index (χ0v) is 6.52. The van der Waals surface area contributed by atoms with Crippen LogP contribution in [0, 0.1) is 10.8 Å². The fourth-order valence-electron chi connectivity index (χ4n) is 0.983. The molecule has 11 heavy (non-hydrogen) atoms. The lowest BCUT2D eigenvalue weighted by molar-refractivity contribution is 0.593. The lowest BCUT2D eigenvalue weighted by Crippen LogP contribution is -1.70. The molecule has 0 spiro atoms. The highest BCUT2D eigenvalue weighted by Gasteiger charge is 1.92. The third-order valence-electron chi connectivity index (χ3n) is 1.51. The van der Waals surface area contributed by atoms with Crippen molar-refractivity contribution in [2.24, 2.45) is 0 Å². The average molecular weight is 161 g/mol. The Morgan fingerprint density at radius 2 is 2.09 bits per heavy atom. The standard InChI is InChI=1S/C9H5OS/c11-9-5-6-10-8-4-2-1-3-7(8)9/h1-5H. The summed E-state index contributed by atoms with van der Waals surface area (Å²) in [6.45, 7) is 0. The van der Waals surface area contributed by atoms with Gasteiger partial charge in [-0.05, 0) is 12.1 Å². The SMILES string of the molecule is S=c1c[c]oc2ccccc12. The molecular weight excluding hydrogens is 156 g/mol. The van der Waals surface area contributed by atoms with Gasteiger partial charge in [0, 0.05) is 11.5 Å². The summed E-state index contributed by atoms with van der Waals surface area (Å²) in [6, 6.07) is 9.33. The minimum atomic E-state index is 0.784. The number of hydrogen-bond acceptors (Lipinski definition) is 2. The largest absolute Gasteiger partial charge is 0.453 e. The van der Waals surface area contributed by atoms with Crippen molar-refractivity contribution in [2.75, 3.05) is 0 Å². The monoisotopic (exact) mass is 161 g/mol. The van der Waals surface area contributed by atoms with Gasteiger partial charge in [0.1, 0.15) is 5.58 Å². The van der Waals surface area contributed by atoms with Gasteiger partial charge < -0.3 is 4.42 Å². The summed E-state index contributed by atoms with van der Waals surface area (Å²) in [5, 5.41) is 0.973. The molecule has 0 saturated heterocycles. The summed E-state index contributed by atoms with van der Waals surface area (Å²) >= 11 is 5.06. The van der Waals surface area contributed by atoms with E-state index in [0.717, 1.165) is 15.5 Å². The number of hydrogen-bond donors (Lipinski definition) is 0. The van der Waals surface area contributed by atoms with Gasteiger partial charge >= 0.3 is 0 Å². The molecule has 1 radical (unpaired) electrons. The summed E-state index contributed by atoms with van der Waals surface area (Å²) in [7, 11) is 0. The first kappa shape index (κ1) is 6.55. The Bertz CT molecular complexity index is 425. The molecule has 2 heteroatoms. The quantitative estimate of drug-likeness (QED) is 0.551. The molecule has 0 aliphatic rings. The molecule has 0 unspecified atom stereocenters. The third kappa shape index (κ3) is 1.05.